The molecule has 2 rings (SSSR count). The Morgan fingerprint density at radius 1 is 1.36 bits per heavy atom. The van der Waals surface area contributed by atoms with Crippen LogP contribution in [0.1, 0.15) is 19.3 Å². The van der Waals surface area contributed by atoms with Gasteiger partial charge in [-0.1, -0.05) is 12.5 Å². The highest BCUT2D eigenvalue weighted by atomic mass is 35.5. The second kappa shape index (κ2) is 7.69. The van der Waals surface area contributed by atoms with Crippen molar-refractivity contribution in [3.63, 3.8) is 0 Å². The maximum absolute atomic E-state index is 12.2. The lowest BCUT2D eigenvalue weighted by atomic mass is 9.95. The highest BCUT2D eigenvalue weighted by molar-refractivity contribution is 5.93. The molecule has 1 aliphatic rings. The molecule has 0 radical (unpaired) electrons. The third-order valence-electron chi connectivity index (χ3n) is 3.63. The fourth-order valence-electron chi connectivity index (χ4n) is 2.67. The van der Waals surface area contributed by atoms with Crippen molar-refractivity contribution in [1.82, 2.24) is 0 Å². The maximum Gasteiger partial charge on any atom is 0.573 e. The van der Waals surface area contributed by atoms with Gasteiger partial charge in [-0.15, -0.1) is 25.6 Å². The van der Waals surface area contributed by atoms with E-state index in [0.717, 1.165) is 25.3 Å². The zero-order valence-electron chi connectivity index (χ0n) is 11.7. The van der Waals surface area contributed by atoms with Crippen LogP contribution in [0.25, 0.3) is 0 Å². The molecule has 1 aromatic carbocycles. The highest BCUT2D eigenvalue weighted by Gasteiger charge is 2.33. The minimum absolute atomic E-state index is 0. The molecule has 3 N–H and O–H groups in total. The number of nitrogens with one attached hydrogen (secondary N) is 1. The van der Waals surface area contributed by atoms with Gasteiger partial charge in [-0.25, -0.2) is 0 Å². The Kier molecular flexibility index (Phi) is 6.49. The summed E-state index contributed by atoms with van der Waals surface area (Å²) in [4.78, 5) is 12.2. The smallest absolute Gasteiger partial charge is 0.406 e. The molecule has 0 unspecified atom stereocenters. The third kappa shape index (κ3) is 5.06. The molecule has 2 atom stereocenters. The second-order valence-corrected chi connectivity index (χ2v) is 5.10. The number of hydrogen-bond acceptors (Lipinski definition) is 3. The summed E-state index contributed by atoms with van der Waals surface area (Å²) in [6, 6.07) is 5.25. The average molecular weight is 339 g/mol. The van der Waals surface area contributed by atoms with Crippen LogP contribution in [-0.2, 0) is 4.79 Å². The van der Waals surface area contributed by atoms with E-state index in [-0.39, 0.29) is 41.6 Å². The number of amides is 1. The third-order valence-corrected chi connectivity index (χ3v) is 3.63. The largest absolute Gasteiger partial charge is 0.573 e. The number of alkyl halides is 3. The number of hydrogen-bond donors (Lipinski definition) is 2. The first kappa shape index (κ1) is 18.6. The van der Waals surface area contributed by atoms with E-state index < -0.39 is 6.36 Å². The van der Waals surface area contributed by atoms with Crippen molar-refractivity contribution in [2.24, 2.45) is 17.6 Å². The van der Waals surface area contributed by atoms with E-state index in [1.165, 1.54) is 18.2 Å². The molecule has 0 spiro atoms. The monoisotopic (exact) mass is 338 g/mol. The van der Waals surface area contributed by atoms with Gasteiger partial charge < -0.3 is 15.8 Å². The van der Waals surface area contributed by atoms with Gasteiger partial charge in [0.1, 0.15) is 5.75 Å². The number of carbonyl (C=O) groups excluding carboxylic acids is 1. The van der Waals surface area contributed by atoms with Crippen molar-refractivity contribution in [3.05, 3.63) is 24.3 Å². The Bertz CT molecular complexity index is 511. The van der Waals surface area contributed by atoms with Gasteiger partial charge in [0, 0.05) is 17.7 Å². The molecular weight excluding hydrogens is 321 g/mol. The molecule has 1 saturated carbocycles. The number of ether oxygens (including phenoxy) is 1. The van der Waals surface area contributed by atoms with Crippen LogP contribution in [-0.4, -0.2) is 18.8 Å². The first-order valence-corrected chi connectivity index (χ1v) is 6.76. The van der Waals surface area contributed by atoms with Crippen LogP contribution in [0.2, 0.25) is 0 Å². The number of rotatable bonds is 4. The number of halogens is 4. The summed E-state index contributed by atoms with van der Waals surface area (Å²) in [5.41, 5.74) is 5.91. The Morgan fingerprint density at radius 3 is 2.73 bits per heavy atom. The topological polar surface area (TPSA) is 64.4 Å². The van der Waals surface area contributed by atoms with Gasteiger partial charge in [-0.2, -0.15) is 0 Å². The molecule has 1 aromatic rings. The predicted octanol–water partition coefficient (Wildman–Crippen LogP) is 3.32. The first-order chi connectivity index (χ1) is 9.89. The van der Waals surface area contributed by atoms with Gasteiger partial charge in [0.25, 0.3) is 0 Å². The quantitative estimate of drug-likeness (QED) is 0.885. The van der Waals surface area contributed by atoms with Gasteiger partial charge in [-0.05, 0) is 37.4 Å². The first-order valence-electron chi connectivity index (χ1n) is 6.76. The molecule has 1 amide bonds. The Morgan fingerprint density at radius 2 is 2.09 bits per heavy atom. The molecule has 0 aromatic heterocycles. The lowest BCUT2D eigenvalue weighted by Crippen LogP contribution is -2.29. The Hall–Kier alpha value is -1.47. The molecule has 1 fully saturated rings. The minimum atomic E-state index is -4.75. The van der Waals surface area contributed by atoms with Crippen molar-refractivity contribution in [2.75, 3.05) is 11.9 Å². The van der Waals surface area contributed by atoms with Crippen molar-refractivity contribution >= 4 is 24.0 Å². The summed E-state index contributed by atoms with van der Waals surface area (Å²) in [5.74, 6) is -0.601. The van der Waals surface area contributed by atoms with Crippen LogP contribution in [0, 0.1) is 11.8 Å². The zero-order valence-corrected chi connectivity index (χ0v) is 12.5. The molecule has 0 saturated heterocycles. The number of benzene rings is 1. The fourth-order valence-corrected chi connectivity index (χ4v) is 2.67. The molecule has 1 aliphatic carbocycles. The van der Waals surface area contributed by atoms with Crippen LogP contribution in [0.5, 0.6) is 5.75 Å². The minimum Gasteiger partial charge on any atom is -0.406 e. The van der Waals surface area contributed by atoms with Crippen molar-refractivity contribution in [1.29, 1.82) is 0 Å². The van der Waals surface area contributed by atoms with E-state index in [2.05, 4.69) is 10.1 Å². The van der Waals surface area contributed by atoms with Crippen LogP contribution in [0.3, 0.4) is 0 Å². The normalized spacial score (nSPS) is 21.1. The summed E-state index contributed by atoms with van der Waals surface area (Å²) >= 11 is 0. The molecule has 8 heteroatoms. The van der Waals surface area contributed by atoms with E-state index in [0.29, 0.717) is 6.54 Å². The van der Waals surface area contributed by atoms with E-state index in [9.17, 15) is 18.0 Å². The number of nitrogens with two attached hydrogens (primary N) is 1. The summed E-state index contributed by atoms with van der Waals surface area (Å²) in [7, 11) is 0. The van der Waals surface area contributed by atoms with Crippen molar-refractivity contribution < 1.29 is 22.7 Å². The van der Waals surface area contributed by atoms with Crippen LogP contribution in [0.4, 0.5) is 18.9 Å². The predicted molar refractivity (Wildman–Crippen MR) is 78.9 cm³/mol. The van der Waals surface area contributed by atoms with Crippen LogP contribution in [0.15, 0.2) is 24.3 Å². The van der Waals surface area contributed by atoms with E-state index in [4.69, 9.17) is 5.73 Å². The Balaban J connectivity index is 0.00000242. The molecule has 4 nitrogen and oxygen atoms in total. The number of anilines is 1. The van der Waals surface area contributed by atoms with Gasteiger partial charge in [0.15, 0.2) is 0 Å². The summed E-state index contributed by atoms with van der Waals surface area (Å²) in [6.45, 7) is 0.440. The van der Waals surface area contributed by atoms with Crippen molar-refractivity contribution in [2.45, 2.75) is 25.6 Å². The molecular formula is C14H18ClF3N2O2. The second-order valence-electron chi connectivity index (χ2n) is 5.10. The van der Waals surface area contributed by atoms with Gasteiger partial charge >= 0.3 is 6.36 Å². The van der Waals surface area contributed by atoms with E-state index >= 15 is 0 Å². The van der Waals surface area contributed by atoms with Crippen molar-refractivity contribution in [3.8, 4) is 5.75 Å². The fraction of sp³-hybridized carbons (Fsp3) is 0.500. The van der Waals surface area contributed by atoms with Crippen LogP contribution < -0.4 is 15.8 Å². The summed E-state index contributed by atoms with van der Waals surface area (Å²) in [5, 5.41) is 2.63. The van der Waals surface area contributed by atoms with Gasteiger partial charge in [0.2, 0.25) is 5.91 Å². The Labute approximate surface area is 132 Å². The number of carbonyl (C=O) groups is 1. The molecule has 22 heavy (non-hydrogen) atoms. The zero-order chi connectivity index (χ0) is 15.5. The van der Waals surface area contributed by atoms with E-state index in [1.807, 2.05) is 0 Å². The molecule has 0 aliphatic heterocycles. The van der Waals surface area contributed by atoms with E-state index in [1.54, 1.807) is 0 Å². The molecule has 124 valence electrons. The van der Waals surface area contributed by atoms with Crippen LogP contribution >= 0.6 is 12.4 Å². The summed E-state index contributed by atoms with van der Waals surface area (Å²) < 4.78 is 40.3. The average Bonchev–Trinajstić information content (AvgIpc) is 2.85. The lowest BCUT2D eigenvalue weighted by Gasteiger charge is -2.17. The standard InChI is InChI=1S/C14H17F3N2O2.ClH/c15-14(16,17)21-11-5-2-4-10(7-11)19-13(20)12-6-1-3-9(12)8-18;/h2,4-5,7,9,12H,1,3,6,8,18H2,(H,19,20);1H/t9-,12-;/m1./s1. The van der Waals surface area contributed by atoms with Gasteiger partial charge in [-0.3, -0.25) is 4.79 Å². The SMILES string of the molecule is Cl.NC[C@H]1CCC[C@H]1C(=O)Nc1cccc(OC(F)(F)F)c1. The highest BCUT2D eigenvalue weighted by Crippen LogP contribution is 2.32. The summed E-state index contributed by atoms with van der Waals surface area (Å²) in [6.07, 6.45) is -2.14. The molecule has 0 bridgehead atoms. The molecule has 0 heterocycles. The van der Waals surface area contributed by atoms with Gasteiger partial charge in [0.05, 0.1) is 0 Å². The maximum atomic E-state index is 12.2. The lowest BCUT2D eigenvalue weighted by molar-refractivity contribution is -0.274.